The van der Waals surface area contributed by atoms with Gasteiger partial charge in [0.2, 0.25) is 5.91 Å². The highest BCUT2D eigenvalue weighted by Crippen LogP contribution is 2.04. The Balaban J connectivity index is 2.10. The number of hydrogen-bond donors (Lipinski definition) is 1. The summed E-state index contributed by atoms with van der Waals surface area (Å²) >= 11 is 0. The lowest BCUT2D eigenvalue weighted by molar-refractivity contribution is -0.130. The highest BCUT2D eigenvalue weighted by atomic mass is 16.2. The molecule has 1 N–H and O–H groups in total. The van der Waals surface area contributed by atoms with Gasteiger partial charge in [-0.25, -0.2) is 0 Å². The largest absolute Gasteiger partial charge is 0.339 e. The maximum atomic E-state index is 11.7. The van der Waals surface area contributed by atoms with E-state index in [0.29, 0.717) is 18.4 Å². The van der Waals surface area contributed by atoms with Crippen LogP contribution in [-0.2, 0) is 4.79 Å². The summed E-state index contributed by atoms with van der Waals surface area (Å²) in [6.07, 6.45) is 6.85. The molecule has 0 radical (unpaired) electrons. The molecule has 0 saturated carbocycles. The van der Waals surface area contributed by atoms with E-state index in [1.807, 2.05) is 4.90 Å². The molecule has 0 aromatic heterocycles. The standard InChI is InChI=1S/C12H22N2O/c1-11(2)13-8-6-7-12(15)14-9-4-3-5-10-14/h3-4,11,13H,5-10H2,1-2H3. The van der Waals surface area contributed by atoms with Crippen LogP contribution >= 0.6 is 0 Å². The van der Waals surface area contributed by atoms with Crippen LogP contribution in [0.4, 0.5) is 0 Å². The molecule has 86 valence electrons. The third kappa shape index (κ3) is 4.98. The molecule has 3 heteroatoms. The number of hydrogen-bond acceptors (Lipinski definition) is 2. The molecule has 1 aliphatic rings. The molecular weight excluding hydrogens is 188 g/mol. The lowest BCUT2D eigenvalue weighted by atomic mass is 10.2. The normalized spacial score (nSPS) is 16.1. The van der Waals surface area contributed by atoms with Crippen LogP contribution in [0.1, 0.15) is 33.1 Å². The summed E-state index contributed by atoms with van der Waals surface area (Å²) in [6.45, 7) is 6.88. The molecule has 1 aliphatic heterocycles. The van der Waals surface area contributed by atoms with E-state index in [2.05, 4.69) is 31.3 Å². The third-order valence-electron chi connectivity index (χ3n) is 2.53. The molecule has 1 rings (SSSR count). The van der Waals surface area contributed by atoms with Gasteiger partial charge in [0, 0.05) is 25.6 Å². The van der Waals surface area contributed by atoms with Crippen molar-refractivity contribution in [3.05, 3.63) is 12.2 Å². The van der Waals surface area contributed by atoms with E-state index in [4.69, 9.17) is 0 Å². The molecule has 15 heavy (non-hydrogen) atoms. The molecule has 0 spiro atoms. The Kier molecular flexibility index (Phi) is 5.40. The minimum atomic E-state index is 0.296. The second kappa shape index (κ2) is 6.62. The van der Waals surface area contributed by atoms with E-state index in [-0.39, 0.29) is 0 Å². The molecule has 0 saturated heterocycles. The van der Waals surface area contributed by atoms with E-state index < -0.39 is 0 Å². The molecule has 0 bridgehead atoms. The lowest BCUT2D eigenvalue weighted by Crippen LogP contribution is -2.34. The van der Waals surface area contributed by atoms with Gasteiger partial charge in [-0.2, -0.15) is 0 Å². The van der Waals surface area contributed by atoms with Crippen molar-refractivity contribution in [2.24, 2.45) is 0 Å². The Hall–Kier alpha value is -0.830. The average Bonchev–Trinajstić information content (AvgIpc) is 2.25. The summed E-state index contributed by atoms with van der Waals surface area (Å²) in [5.74, 6) is 0.296. The molecule has 0 aromatic rings. The summed E-state index contributed by atoms with van der Waals surface area (Å²) in [5, 5.41) is 3.32. The SMILES string of the molecule is CC(C)NCCCC(=O)N1CC=CCC1. The monoisotopic (exact) mass is 210 g/mol. The van der Waals surface area contributed by atoms with Crippen LogP contribution in [0.25, 0.3) is 0 Å². The van der Waals surface area contributed by atoms with Crippen molar-refractivity contribution in [2.75, 3.05) is 19.6 Å². The van der Waals surface area contributed by atoms with Gasteiger partial charge in [0.05, 0.1) is 0 Å². The number of nitrogens with zero attached hydrogens (tertiary/aromatic N) is 1. The number of carbonyl (C=O) groups excluding carboxylic acids is 1. The van der Waals surface area contributed by atoms with Gasteiger partial charge in [-0.1, -0.05) is 26.0 Å². The highest BCUT2D eigenvalue weighted by molar-refractivity contribution is 5.76. The minimum absolute atomic E-state index is 0.296. The summed E-state index contributed by atoms with van der Waals surface area (Å²) < 4.78 is 0. The van der Waals surface area contributed by atoms with Crippen LogP contribution in [0, 0.1) is 0 Å². The second-order valence-electron chi connectivity index (χ2n) is 4.31. The van der Waals surface area contributed by atoms with Crippen molar-refractivity contribution in [2.45, 2.75) is 39.2 Å². The summed E-state index contributed by atoms with van der Waals surface area (Å²) in [4.78, 5) is 13.6. The van der Waals surface area contributed by atoms with E-state index in [0.717, 1.165) is 32.5 Å². The van der Waals surface area contributed by atoms with Gasteiger partial charge in [0.15, 0.2) is 0 Å². The van der Waals surface area contributed by atoms with Gasteiger partial charge in [0.25, 0.3) is 0 Å². The Labute approximate surface area is 92.5 Å². The van der Waals surface area contributed by atoms with Gasteiger partial charge in [0.1, 0.15) is 0 Å². The van der Waals surface area contributed by atoms with Gasteiger partial charge in [-0.3, -0.25) is 4.79 Å². The maximum Gasteiger partial charge on any atom is 0.222 e. The first-order valence-electron chi connectivity index (χ1n) is 5.86. The maximum absolute atomic E-state index is 11.7. The molecule has 0 unspecified atom stereocenters. The molecule has 0 aromatic carbocycles. The Bertz CT molecular complexity index is 224. The van der Waals surface area contributed by atoms with Crippen LogP contribution < -0.4 is 5.32 Å². The zero-order chi connectivity index (χ0) is 11.1. The van der Waals surface area contributed by atoms with Crippen molar-refractivity contribution in [1.82, 2.24) is 10.2 Å². The fraction of sp³-hybridized carbons (Fsp3) is 0.750. The fourth-order valence-electron chi connectivity index (χ4n) is 1.66. The fourth-order valence-corrected chi connectivity index (χ4v) is 1.66. The number of carbonyl (C=O) groups is 1. The molecule has 0 aliphatic carbocycles. The zero-order valence-electron chi connectivity index (χ0n) is 9.83. The van der Waals surface area contributed by atoms with E-state index in [1.54, 1.807) is 0 Å². The minimum Gasteiger partial charge on any atom is -0.339 e. The molecule has 1 heterocycles. The summed E-state index contributed by atoms with van der Waals surface area (Å²) in [5.41, 5.74) is 0. The second-order valence-corrected chi connectivity index (χ2v) is 4.31. The van der Waals surface area contributed by atoms with E-state index in [1.165, 1.54) is 0 Å². The average molecular weight is 210 g/mol. The molecular formula is C12H22N2O. The quantitative estimate of drug-likeness (QED) is 0.551. The molecule has 3 nitrogen and oxygen atoms in total. The van der Waals surface area contributed by atoms with E-state index in [9.17, 15) is 4.79 Å². The van der Waals surface area contributed by atoms with Gasteiger partial charge in [-0.15, -0.1) is 0 Å². The van der Waals surface area contributed by atoms with Crippen molar-refractivity contribution < 1.29 is 4.79 Å². The molecule has 0 atom stereocenters. The molecule has 0 fully saturated rings. The topological polar surface area (TPSA) is 32.3 Å². The number of amides is 1. The van der Waals surface area contributed by atoms with Crippen molar-refractivity contribution in [3.63, 3.8) is 0 Å². The predicted molar refractivity (Wildman–Crippen MR) is 62.7 cm³/mol. The van der Waals surface area contributed by atoms with Crippen molar-refractivity contribution >= 4 is 5.91 Å². The van der Waals surface area contributed by atoms with Crippen molar-refractivity contribution in [3.8, 4) is 0 Å². The Morgan fingerprint density at radius 2 is 2.27 bits per heavy atom. The van der Waals surface area contributed by atoms with Crippen LogP contribution in [0.2, 0.25) is 0 Å². The van der Waals surface area contributed by atoms with Gasteiger partial charge < -0.3 is 10.2 Å². The van der Waals surface area contributed by atoms with Crippen LogP contribution in [0.15, 0.2) is 12.2 Å². The zero-order valence-corrected chi connectivity index (χ0v) is 9.83. The predicted octanol–water partition coefficient (Wildman–Crippen LogP) is 1.55. The lowest BCUT2D eigenvalue weighted by Gasteiger charge is -2.23. The van der Waals surface area contributed by atoms with E-state index >= 15 is 0 Å². The Morgan fingerprint density at radius 3 is 2.87 bits per heavy atom. The van der Waals surface area contributed by atoms with Gasteiger partial charge in [-0.05, 0) is 19.4 Å². The van der Waals surface area contributed by atoms with Crippen molar-refractivity contribution in [1.29, 1.82) is 0 Å². The van der Waals surface area contributed by atoms with Gasteiger partial charge >= 0.3 is 0 Å². The smallest absolute Gasteiger partial charge is 0.222 e. The summed E-state index contributed by atoms with van der Waals surface area (Å²) in [7, 11) is 0. The van der Waals surface area contributed by atoms with Crippen LogP contribution in [0.5, 0.6) is 0 Å². The number of nitrogens with one attached hydrogen (secondary N) is 1. The number of rotatable bonds is 5. The summed E-state index contributed by atoms with van der Waals surface area (Å²) in [6, 6.07) is 0.512. The highest BCUT2D eigenvalue weighted by Gasteiger charge is 2.12. The first-order valence-corrected chi connectivity index (χ1v) is 5.86. The first kappa shape index (κ1) is 12.2. The Morgan fingerprint density at radius 1 is 1.47 bits per heavy atom. The third-order valence-corrected chi connectivity index (χ3v) is 2.53. The van der Waals surface area contributed by atoms with Crippen LogP contribution in [0.3, 0.4) is 0 Å². The molecule has 1 amide bonds. The van der Waals surface area contributed by atoms with Crippen LogP contribution in [-0.4, -0.2) is 36.5 Å². The first-order chi connectivity index (χ1) is 7.20.